The van der Waals surface area contributed by atoms with Gasteiger partial charge in [-0.1, -0.05) is 15.9 Å². The van der Waals surface area contributed by atoms with Crippen molar-refractivity contribution in [2.45, 2.75) is 0 Å². The van der Waals surface area contributed by atoms with Gasteiger partial charge in [-0.25, -0.2) is 9.37 Å². The van der Waals surface area contributed by atoms with Crippen LogP contribution >= 0.6 is 27.3 Å². The molecule has 0 saturated heterocycles. The van der Waals surface area contributed by atoms with Crippen LogP contribution in [0.4, 0.5) is 4.39 Å². The molecule has 0 spiro atoms. The van der Waals surface area contributed by atoms with E-state index < -0.39 is 0 Å². The number of halogens is 2. The van der Waals surface area contributed by atoms with Crippen molar-refractivity contribution < 1.29 is 9.18 Å². The molecule has 1 heterocycles. The van der Waals surface area contributed by atoms with Crippen molar-refractivity contribution in [1.82, 2.24) is 4.98 Å². The molecule has 76 valence electrons. The van der Waals surface area contributed by atoms with E-state index in [0.29, 0.717) is 22.6 Å². The van der Waals surface area contributed by atoms with E-state index in [-0.39, 0.29) is 5.82 Å². The standard InChI is InChI=1S/C10H5BrFNOS/c11-6-1-2-8(12)7(3-6)9-5-15-10(4-14)13-9/h1-5H. The van der Waals surface area contributed by atoms with Gasteiger partial charge in [-0.3, -0.25) is 4.79 Å². The second kappa shape index (κ2) is 4.20. The molecule has 0 bridgehead atoms. The highest BCUT2D eigenvalue weighted by Gasteiger charge is 2.09. The van der Waals surface area contributed by atoms with Crippen molar-refractivity contribution >= 4 is 33.6 Å². The number of carbonyl (C=O) groups is 1. The molecule has 5 heteroatoms. The van der Waals surface area contributed by atoms with Crippen LogP contribution in [0.1, 0.15) is 9.80 Å². The molecular formula is C10H5BrFNOS. The van der Waals surface area contributed by atoms with Gasteiger partial charge in [-0.05, 0) is 18.2 Å². The van der Waals surface area contributed by atoms with Crippen LogP contribution in [0.3, 0.4) is 0 Å². The number of rotatable bonds is 2. The Morgan fingerprint density at radius 1 is 1.47 bits per heavy atom. The molecule has 0 atom stereocenters. The second-order valence-corrected chi connectivity index (χ2v) is 4.62. The van der Waals surface area contributed by atoms with Crippen LogP contribution in [0.25, 0.3) is 11.3 Å². The zero-order valence-corrected chi connectivity index (χ0v) is 9.81. The Hall–Kier alpha value is -1.07. The summed E-state index contributed by atoms with van der Waals surface area (Å²) < 4.78 is 14.2. The first kappa shape index (κ1) is 10.4. The van der Waals surface area contributed by atoms with Crippen LogP contribution in [-0.4, -0.2) is 11.3 Å². The lowest BCUT2D eigenvalue weighted by Crippen LogP contribution is -1.85. The van der Waals surface area contributed by atoms with Crippen molar-refractivity contribution in [2.75, 3.05) is 0 Å². The molecule has 0 fully saturated rings. The topological polar surface area (TPSA) is 30.0 Å². The van der Waals surface area contributed by atoms with Gasteiger partial charge in [0, 0.05) is 15.4 Å². The highest BCUT2D eigenvalue weighted by Crippen LogP contribution is 2.26. The number of hydrogen-bond donors (Lipinski definition) is 0. The van der Waals surface area contributed by atoms with Crippen LogP contribution in [0.15, 0.2) is 28.1 Å². The van der Waals surface area contributed by atoms with Crippen molar-refractivity contribution in [3.8, 4) is 11.3 Å². The fourth-order valence-electron chi connectivity index (χ4n) is 1.16. The highest BCUT2D eigenvalue weighted by molar-refractivity contribution is 9.10. The van der Waals surface area contributed by atoms with Crippen LogP contribution in [0.2, 0.25) is 0 Å². The number of aromatic nitrogens is 1. The minimum absolute atomic E-state index is 0.346. The number of carbonyl (C=O) groups excluding carboxylic acids is 1. The van der Waals surface area contributed by atoms with E-state index in [2.05, 4.69) is 20.9 Å². The second-order valence-electron chi connectivity index (χ2n) is 2.81. The van der Waals surface area contributed by atoms with Gasteiger partial charge in [-0.2, -0.15) is 0 Å². The first-order valence-electron chi connectivity index (χ1n) is 4.07. The normalized spacial score (nSPS) is 10.3. The molecule has 0 radical (unpaired) electrons. The molecule has 2 rings (SSSR count). The van der Waals surface area contributed by atoms with Gasteiger partial charge in [0.05, 0.1) is 5.69 Å². The van der Waals surface area contributed by atoms with Gasteiger partial charge in [0.25, 0.3) is 0 Å². The van der Waals surface area contributed by atoms with E-state index in [0.717, 1.165) is 4.47 Å². The molecule has 0 amide bonds. The lowest BCUT2D eigenvalue weighted by Gasteiger charge is -1.99. The van der Waals surface area contributed by atoms with Crippen LogP contribution in [-0.2, 0) is 0 Å². The Bertz CT molecular complexity index is 512. The summed E-state index contributed by atoms with van der Waals surface area (Å²) in [5.41, 5.74) is 0.884. The van der Waals surface area contributed by atoms with Gasteiger partial charge in [0.2, 0.25) is 0 Å². The monoisotopic (exact) mass is 285 g/mol. The lowest BCUT2D eigenvalue weighted by molar-refractivity contribution is 0.112. The maximum atomic E-state index is 13.4. The third-order valence-corrected chi connectivity index (χ3v) is 3.09. The zero-order valence-electron chi connectivity index (χ0n) is 7.41. The minimum atomic E-state index is -0.346. The van der Waals surface area contributed by atoms with Crippen LogP contribution < -0.4 is 0 Å². The average molecular weight is 286 g/mol. The van der Waals surface area contributed by atoms with Crippen molar-refractivity contribution in [3.05, 3.63) is 38.9 Å². The Morgan fingerprint density at radius 3 is 2.93 bits per heavy atom. The number of aldehydes is 1. The molecule has 0 unspecified atom stereocenters. The Morgan fingerprint density at radius 2 is 2.27 bits per heavy atom. The fraction of sp³-hybridized carbons (Fsp3) is 0. The van der Waals surface area contributed by atoms with E-state index in [4.69, 9.17) is 0 Å². The quantitative estimate of drug-likeness (QED) is 0.790. The molecule has 2 nitrogen and oxygen atoms in total. The number of thiazole rings is 1. The largest absolute Gasteiger partial charge is 0.295 e. The van der Waals surface area contributed by atoms with Crippen LogP contribution in [0, 0.1) is 5.82 Å². The zero-order chi connectivity index (χ0) is 10.8. The summed E-state index contributed by atoms with van der Waals surface area (Å²) in [6.07, 6.45) is 0.657. The summed E-state index contributed by atoms with van der Waals surface area (Å²) in [5, 5.41) is 2.01. The smallest absolute Gasteiger partial charge is 0.178 e. The molecule has 2 aromatic rings. The summed E-state index contributed by atoms with van der Waals surface area (Å²) >= 11 is 4.45. The van der Waals surface area contributed by atoms with Gasteiger partial charge >= 0.3 is 0 Å². The fourth-order valence-corrected chi connectivity index (χ4v) is 2.14. The Labute approximate surface area is 97.9 Å². The van der Waals surface area contributed by atoms with E-state index >= 15 is 0 Å². The first-order chi connectivity index (χ1) is 7.20. The molecule has 1 aromatic carbocycles. The van der Waals surface area contributed by atoms with Crippen molar-refractivity contribution in [1.29, 1.82) is 0 Å². The molecule has 15 heavy (non-hydrogen) atoms. The van der Waals surface area contributed by atoms with Gasteiger partial charge in [-0.15, -0.1) is 11.3 Å². The van der Waals surface area contributed by atoms with E-state index in [9.17, 15) is 9.18 Å². The third kappa shape index (κ3) is 2.13. The molecular weight excluding hydrogens is 281 g/mol. The summed E-state index contributed by atoms with van der Waals surface area (Å²) in [7, 11) is 0. The van der Waals surface area contributed by atoms with Gasteiger partial charge < -0.3 is 0 Å². The summed E-state index contributed by atoms with van der Waals surface area (Å²) in [6.45, 7) is 0. The highest BCUT2D eigenvalue weighted by atomic mass is 79.9. The molecule has 0 aliphatic heterocycles. The third-order valence-electron chi connectivity index (χ3n) is 1.83. The molecule has 0 saturated carbocycles. The van der Waals surface area contributed by atoms with E-state index in [1.165, 1.54) is 17.4 Å². The Kier molecular flexibility index (Phi) is 2.93. The molecule has 1 aromatic heterocycles. The average Bonchev–Trinajstić information content (AvgIpc) is 2.70. The maximum Gasteiger partial charge on any atom is 0.178 e. The first-order valence-corrected chi connectivity index (χ1v) is 5.74. The molecule has 0 aliphatic rings. The summed E-state index contributed by atoms with van der Waals surface area (Å²) in [6, 6.07) is 4.62. The molecule has 0 aliphatic carbocycles. The van der Waals surface area contributed by atoms with Crippen molar-refractivity contribution in [2.24, 2.45) is 0 Å². The van der Waals surface area contributed by atoms with Gasteiger partial charge in [0.1, 0.15) is 5.82 Å². The van der Waals surface area contributed by atoms with Crippen LogP contribution in [0.5, 0.6) is 0 Å². The summed E-state index contributed by atoms with van der Waals surface area (Å²) in [5.74, 6) is -0.346. The lowest BCUT2D eigenvalue weighted by atomic mass is 10.2. The molecule has 0 N–H and O–H groups in total. The predicted octanol–water partition coefficient (Wildman–Crippen LogP) is 3.52. The minimum Gasteiger partial charge on any atom is -0.295 e. The SMILES string of the molecule is O=Cc1nc(-c2cc(Br)ccc2F)cs1. The number of benzene rings is 1. The predicted molar refractivity (Wildman–Crippen MR) is 60.6 cm³/mol. The number of nitrogens with zero attached hydrogens (tertiary/aromatic N) is 1. The van der Waals surface area contributed by atoms with Crippen molar-refractivity contribution in [3.63, 3.8) is 0 Å². The van der Waals surface area contributed by atoms with E-state index in [1.807, 2.05) is 0 Å². The number of hydrogen-bond acceptors (Lipinski definition) is 3. The summed E-state index contributed by atoms with van der Waals surface area (Å²) in [4.78, 5) is 14.4. The Balaban J connectivity index is 2.52. The van der Waals surface area contributed by atoms with E-state index in [1.54, 1.807) is 17.5 Å². The van der Waals surface area contributed by atoms with Gasteiger partial charge in [0.15, 0.2) is 11.3 Å². The maximum absolute atomic E-state index is 13.4.